The number of ether oxygens (including phenoxy) is 1. The van der Waals surface area contributed by atoms with Crippen LogP contribution < -0.4 is 0 Å². The molecule has 30 heavy (non-hydrogen) atoms. The van der Waals surface area contributed by atoms with E-state index in [4.69, 9.17) is 4.74 Å². The summed E-state index contributed by atoms with van der Waals surface area (Å²) in [5, 5.41) is 3.97. The molecule has 1 aliphatic carbocycles. The van der Waals surface area contributed by atoms with Crippen molar-refractivity contribution >= 4 is 17.2 Å². The van der Waals surface area contributed by atoms with Crippen molar-refractivity contribution in [2.45, 2.75) is 50.7 Å². The average molecular weight is 425 g/mol. The van der Waals surface area contributed by atoms with Gasteiger partial charge in [-0.3, -0.25) is 9.69 Å². The SMILES string of the molecule is O=C(c1ccsc1)N(CC1CCN(C2Cc3ccccc3C2)CC1)C[C@@H]1CCCO1. The van der Waals surface area contributed by atoms with Crippen LogP contribution in [0.3, 0.4) is 0 Å². The van der Waals surface area contributed by atoms with Gasteiger partial charge in [0.1, 0.15) is 0 Å². The van der Waals surface area contributed by atoms with E-state index in [1.54, 1.807) is 11.3 Å². The van der Waals surface area contributed by atoms with E-state index in [9.17, 15) is 4.79 Å². The van der Waals surface area contributed by atoms with Crippen molar-refractivity contribution in [2.75, 3.05) is 32.8 Å². The third-order valence-electron chi connectivity index (χ3n) is 7.18. The summed E-state index contributed by atoms with van der Waals surface area (Å²) in [4.78, 5) is 17.9. The van der Waals surface area contributed by atoms with E-state index in [1.807, 2.05) is 16.8 Å². The van der Waals surface area contributed by atoms with Crippen molar-refractivity contribution in [3.8, 4) is 0 Å². The zero-order chi connectivity index (χ0) is 20.3. The number of piperidine rings is 1. The van der Waals surface area contributed by atoms with Crippen LogP contribution in [0.15, 0.2) is 41.1 Å². The third-order valence-corrected chi connectivity index (χ3v) is 7.86. The van der Waals surface area contributed by atoms with Crippen LogP contribution in [0.2, 0.25) is 0 Å². The molecule has 1 aromatic heterocycles. The first kappa shape index (κ1) is 20.2. The number of rotatable bonds is 6. The Bertz CT molecular complexity index is 814. The molecule has 160 valence electrons. The number of hydrogen-bond acceptors (Lipinski definition) is 4. The van der Waals surface area contributed by atoms with Crippen molar-refractivity contribution in [1.82, 2.24) is 9.80 Å². The fourth-order valence-electron chi connectivity index (χ4n) is 5.45. The Morgan fingerprint density at radius 1 is 1.07 bits per heavy atom. The minimum absolute atomic E-state index is 0.181. The van der Waals surface area contributed by atoms with Gasteiger partial charge in [-0.05, 0) is 80.1 Å². The van der Waals surface area contributed by atoms with E-state index >= 15 is 0 Å². The summed E-state index contributed by atoms with van der Waals surface area (Å²) in [6.45, 7) is 4.76. The molecule has 0 saturated carbocycles. The molecular weight excluding hydrogens is 392 g/mol. The summed E-state index contributed by atoms with van der Waals surface area (Å²) >= 11 is 1.60. The quantitative estimate of drug-likeness (QED) is 0.695. The second kappa shape index (κ2) is 9.21. The smallest absolute Gasteiger partial charge is 0.254 e. The molecular formula is C25H32N2O2S. The predicted octanol–water partition coefficient (Wildman–Crippen LogP) is 4.25. The number of benzene rings is 1. The topological polar surface area (TPSA) is 32.8 Å². The highest BCUT2D eigenvalue weighted by Gasteiger charge is 2.32. The molecule has 2 aromatic rings. The van der Waals surface area contributed by atoms with Crippen molar-refractivity contribution in [2.24, 2.45) is 5.92 Å². The van der Waals surface area contributed by atoms with Gasteiger partial charge in [-0.15, -0.1) is 0 Å². The van der Waals surface area contributed by atoms with Crippen molar-refractivity contribution < 1.29 is 9.53 Å². The highest BCUT2D eigenvalue weighted by Crippen LogP contribution is 2.29. The first-order valence-corrected chi connectivity index (χ1v) is 12.4. The molecule has 3 aliphatic rings. The molecule has 0 bridgehead atoms. The highest BCUT2D eigenvalue weighted by atomic mass is 32.1. The first-order chi connectivity index (χ1) is 14.8. The van der Waals surface area contributed by atoms with Crippen LogP contribution in [0.4, 0.5) is 0 Å². The van der Waals surface area contributed by atoms with Crippen LogP contribution in [0, 0.1) is 5.92 Å². The zero-order valence-electron chi connectivity index (χ0n) is 17.7. The lowest BCUT2D eigenvalue weighted by molar-refractivity contribution is 0.0430. The van der Waals surface area contributed by atoms with Crippen LogP contribution in [0.5, 0.6) is 0 Å². The number of carbonyl (C=O) groups is 1. The molecule has 3 heterocycles. The lowest BCUT2D eigenvalue weighted by Crippen LogP contribution is -2.46. The molecule has 0 unspecified atom stereocenters. The number of nitrogens with zero attached hydrogens (tertiary/aromatic N) is 2. The van der Waals surface area contributed by atoms with Gasteiger partial charge < -0.3 is 9.64 Å². The van der Waals surface area contributed by atoms with Crippen LogP contribution in [0.25, 0.3) is 0 Å². The second-order valence-corrected chi connectivity index (χ2v) is 9.95. The summed E-state index contributed by atoms with van der Waals surface area (Å²) in [5.41, 5.74) is 3.90. The Balaban J connectivity index is 1.17. The first-order valence-electron chi connectivity index (χ1n) is 11.5. The van der Waals surface area contributed by atoms with E-state index < -0.39 is 0 Å². The molecule has 2 aliphatic heterocycles. The summed E-state index contributed by atoms with van der Waals surface area (Å²) in [7, 11) is 0. The Kier molecular flexibility index (Phi) is 6.21. The minimum atomic E-state index is 0.181. The molecule has 1 amide bonds. The maximum absolute atomic E-state index is 13.1. The summed E-state index contributed by atoms with van der Waals surface area (Å²) in [6.07, 6.45) is 7.18. The molecule has 1 atom stereocenters. The molecule has 5 heteroatoms. The maximum atomic E-state index is 13.1. The van der Waals surface area contributed by atoms with Gasteiger partial charge in [-0.1, -0.05) is 24.3 Å². The van der Waals surface area contributed by atoms with Gasteiger partial charge in [0.2, 0.25) is 0 Å². The van der Waals surface area contributed by atoms with Crippen molar-refractivity contribution in [1.29, 1.82) is 0 Å². The van der Waals surface area contributed by atoms with E-state index in [-0.39, 0.29) is 12.0 Å². The lowest BCUT2D eigenvalue weighted by Gasteiger charge is -2.38. The number of hydrogen-bond donors (Lipinski definition) is 0. The third kappa shape index (κ3) is 4.48. The van der Waals surface area contributed by atoms with Crippen molar-refractivity contribution in [3.63, 3.8) is 0 Å². The van der Waals surface area contributed by atoms with E-state index in [2.05, 4.69) is 34.1 Å². The molecule has 2 saturated heterocycles. The number of thiophene rings is 1. The zero-order valence-corrected chi connectivity index (χ0v) is 18.5. The Labute approximate surface area is 183 Å². The minimum Gasteiger partial charge on any atom is -0.376 e. The van der Waals surface area contributed by atoms with E-state index in [1.165, 1.54) is 36.8 Å². The highest BCUT2D eigenvalue weighted by molar-refractivity contribution is 7.08. The van der Waals surface area contributed by atoms with Gasteiger partial charge in [-0.25, -0.2) is 0 Å². The fraction of sp³-hybridized carbons (Fsp3) is 0.560. The molecule has 0 N–H and O–H groups in total. The van der Waals surface area contributed by atoms with Gasteiger partial charge in [0.15, 0.2) is 0 Å². The summed E-state index contributed by atoms with van der Waals surface area (Å²) in [5.74, 6) is 0.773. The number of amides is 1. The van der Waals surface area contributed by atoms with Gasteiger partial charge in [0.25, 0.3) is 5.91 Å². The Hall–Kier alpha value is -1.69. The molecule has 1 aromatic carbocycles. The molecule has 0 radical (unpaired) electrons. The van der Waals surface area contributed by atoms with Crippen LogP contribution in [0.1, 0.15) is 47.2 Å². The maximum Gasteiger partial charge on any atom is 0.254 e. The summed E-state index contributed by atoms with van der Waals surface area (Å²) < 4.78 is 5.86. The monoisotopic (exact) mass is 424 g/mol. The van der Waals surface area contributed by atoms with Gasteiger partial charge in [0.05, 0.1) is 11.7 Å². The van der Waals surface area contributed by atoms with E-state index in [0.29, 0.717) is 12.0 Å². The number of carbonyl (C=O) groups excluding carboxylic acids is 1. The fourth-order valence-corrected chi connectivity index (χ4v) is 6.08. The molecule has 5 rings (SSSR count). The molecule has 2 fully saturated rings. The Morgan fingerprint density at radius 3 is 2.47 bits per heavy atom. The Morgan fingerprint density at radius 2 is 1.83 bits per heavy atom. The van der Waals surface area contributed by atoms with E-state index in [0.717, 1.165) is 51.2 Å². The van der Waals surface area contributed by atoms with Crippen molar-refractivity contribution in [3.05, 3.63) is 57.8 Å². The number of fused-ring (bicyclic) bond motifs is 1. The number of likely N-dealkylation sites (tertiary alicyclic amines) is 1. The lowest BCUT2D eigenvalue weighted by atomic mass is 9.94. The van der Waals surface area contributed by atoms with Crippen LogP contribution in [-0.4, -0.2) is 60.6 Å². The summed E-state index contributed by atoms with van der Waals surface area (Å²) in [6, 6.07) is 11.5. The molecule has 0 spiro atoms. The van der Waals surface area contributed by atoms with Gasteiger partial charge >= 0.3 is 0 Å². The van der Waals surface area contributed by atoms with Gasteiger partial charge in [-0.2, -0.15) is 11.3 Å². The van der Waals surface area contributed by atoms with Crippen LogP contribution in [-0.2, 0) is 17.6 Å². The molecule has 4 nitrogen and oxygen atoms in total. The normalized spacial score (nSPS) is 23.0. The average Bonchev–Trinajstić information content (AvgIpc) is 3.54. The standard InChI is InChI=1S/C25H32N2O2S/c28-25(22-9-13-30-18-22)27(17-24-6-3-12-29-24)16-19-7-10-26(11-8-19)23-14-20-4-1-2-5-21(20)15-23/h1-2,4-5,9,13,18-19,23-24H,3,6-8,10-12,14-17H2/t24-/m0/s1. The largest absolute Gasteiger partial charge is 0.376 e. The van der Waals surface area contributed by atoms with Gasteiger partial charge in [0, 0.05) is 31.1 Å². The second-order valence-electron chi connectivity index (χ2n) is 9.17. The predicted molar refractivity (Wildman–Crippen MR) is 121 cm³/mol. The van der Waals surface area contributed by atoms with Crippen LogP contribution >= 0.6 is 11.3 Å².